The summed E-state index contributed by atoms with van der Waals surface area (Å²) in [6.45, 7) is 6.39. The Kier molecular flexibility index (Phi) is 4.35. The van der Waals surface area contributed by atoms with Gasteiger partial charge in [0.15, 0.2) is 0 Å². The molecule has 0 radical (unpaired) electrons. The van der Waals surface area contributed by atoms with Crippen LogP contribution < -0.4 is 0 Å². The highest BCUT2D eigenvalue weighted by Crippen LogP contribution is 2.33. The van der Waals surface area contributed by atoms with Crippen molar-refractivity contribution in [3.8, 4) is 11.3 Å². The minimum absolute atomic E-state index is 0.0256. The lowest BCUT2D eigenvalue weighted by Gasteiger charge is -2.28. The van der Waals surface area contributed by atoms with Crippen molar-refractivity contribution in [2.75, 3.05) is 6.54 Å². The molecule has 24 heavy (non-hydrogen) atoms. The van der Waals surface area contributed by atoms with Crippen molar-refractivity contribution < 1.29 is 9.53 Å². The Morgan fingerprint density at radius 1 is 1.25 bits per heavy atom. The summed E-state index contributed by atoms with van der Waals surface area (Å²) in [6, 6.07) is 10.1. The van der Waals surface area contributed by atoms with Gasteiger partial charge in [0.1, 0.15) is 11.4 Å². The second kappa shape index (κ2) is 6.30. The number of likely N-dealkylation sites (tertiary alicyclic amines) is 1. The van der Waals surface area contributed by atoms with Crippen LogP contribution in [0.5, 0.6) is 0 Å². The standard InChI is InChI=1S/C19H25N3O2/c1-19(2,3)24-18(23)22-12-8-11-16(22)17-20-15(13-21(17)4)14-9-6-5-7-10-14/h5-7,9-10,13,16H,8,11-12H2,1-4H3. The fraction of sp³-hybridized carbons (Fsp3) is 0.474. The van der Waals surface area contributed by atoms with E-state index in [2.05, 4.69) is 0 Å². The van der Waals surface area contributed by atoms with Crippen molar-refractivity contribution in [3.05, 3.63) is 42.4 Å². The molecule has 2 heterocycles. The number of aromatic nitrogens is 2. The van der Waals surface area contributed by atoms with Crippen LogP contribution in [0.15, 0.2) is 36.5 Å². The van der Waals surface area contributed by atoms with Crippen molar-refractivity contribution in [3.63, 3.8) is 0 Å². The molecular formula is C19H25N3O2. The zero-order valence-corrected chi connectivity index (χ0v) is 14.8. The van der Waals surface area contributed by atoms with Gasteiger partial charge in [-0.15, -0.1) is 0 Å². The monoisotopic (exact) mass is 327 g/mol. The molecule has 1 aliphatic heterocycles. The number of rotatable bonds is 2. The number of hydrogen-bond acceptors (Lipinski definition) is 3. The topological polar surface area (TPSA) is 47.4 Å². The zero-order chi connectivity index (χ0) is 17.3. The number of nitrogens with zero attached hydrogens (tertiary/aromatic N) is 3. The number of aryl methyl sites for hydroxylation is 1. The molecule has 0 saturated carbocycles. The fourth-order valence-electron chi connectivity index (χ4n) is 3.11. The highest BCUT2D eigenvalue weighted by atomic mass is 16.6. The van der Waals surface area contributed by atoms with Crippen LogP contribution in [-0.2, 0) is 11.8 Å². The van der Waals surface area contributed by atoms with Crippen LogP contribution in [0.3, 0.4) is 0 Å². The summed E-state index contributed by atoms with van der Waals surface area (Å²) < 4.78 is 7.58. The second-order valence-electron chi connectivity index (χ2n) is 7.29. The third kappa shape index (κ3) is 3.45. The molecule has 1 amide bonds. The van der Waals surface area contributed by atoms with Crippen LogP contribution >= 0.6 is 0 Å². The summed E-state index contributed by atoms with van der Waals surface area (Å²) in [7, 11) is 1.99. The fourth-order valence-corrected chi connectivity index (χ4v) is 3.11. The smallest absolute Gasteiger partial charge is 0.410 e. The van der Waals surface area contributed by atoms with E-state index in [1.807, 2.05) is 73.8 Å². The first-order valence-electron chi connectivity index (χ1n) is 8.43. The molecule has 1 saturated heterocycles. The normalized spacial score (nSPS) is 18.0. The third-order valence-electron chi connectivity index (χ3n) is 4.16. The van der Waals surface area contributed by atoms with Crippen LogP contribution in [0.2, 0.25) is 0 Å². The number of hydrogen-bond donors (Lipinski definition) is 0. The average molecular weight is 327 g/mol. The molecule has 2 aromatic rings. The molecule has 5 heteroatoms. The molecule has 1 fully saturated rings. The maximum atomic E-state index is 12.5. The van der Waals surface area contributed by atoms with E-state index in [9.17, 15) is 4.79 Å². The van der Waals surface area contributed by atoms with E-state index in [1.165, 1.54) is 0 Å². The zero-order valence-electron chi connectivity index (χ0n) is 14.8. The summed E-state index contributed by atoms with van der Waals surface area (Å²) >= 11 is 0. The molecule has 0 N–H and O–H groups in total. The molecule has 1 unspecified atom stereocenters. The number of carbonyl (C=O) groups excluding carboxylic acids is 1. The Morgan fingerprint density at radius 2 is 1.96 bits per heavy atom. The van der Waals surface area contributed by atoms with Gasteiger partial charge in [-0.25, -0.2) is 9.78 Å². The lowest BCUT2D eigenvalue weighted by Crippen LogP contribution is -2.37. The summed E-state index contributed by atoms with van der Waals surface area (Å²) in [5.41, 5.74) is 1.53. The van der Waals surface area contributed by atoms with Gasteiger partial charge in [0.05, 0.1) is 11.7 Å². The van der Waals surface area contributed by atoms with E-state index >= 15 is 0 Å². The molecule has 1 aromatic heterocycles. The van der Waals surface area contributed by atoms with E-state index in [4.69, 9.17) is 9.72 Å². The van der Waals surface area contributed by atoms with Gasteiger partial charge in [-0.3, -0.25) is 4.90 Å². The van der Waals surface area contributed by atoms with E-state index in [1.54, 1.807) is 0 Å². The quantitative estimate of drug-likeness (QED) is 0.832. The van der Waals surface area contributed by atoms with Crippen molar-refractivity contribution >= 4 is 6.09 Å². The molecule has 128 valence electrons. The van der Waals surface area contributed by atoms with Crippen LogP contribution in [0.4, 0.5) is 4.79 Å². The van der Waals surface area contributed by atoms with E-state index < -0.39 is 5.60 Å². The van der Waals surface area contributed by atoms with Gasteiger partial charge in [-0.2, -0.15) is 0 Å². The Morgan fingerprint density at radius 3 is 2.62 bits per heavy atom. The summed E-state index contributed by atoms with van der Waals surface area (Å²) in [5, 5.41) is 0. The van der Waals surface area contributed by atoms with E-state index in [0.717, 1.165) is 29.9 Å². The van der Waals surface area contributed by atoms with Crippen molar-refractivity contribution in [1.82, 2.24) is 14.5 Å². The maximum Gasteiger partial charge on any atom is 0.410 e. The Hall–Kier alpha value is -2.30. The van der Waals surface area contributed by atoms with Crippen molar-refractivity contribution in [2.45, 2.75) is 45.3 Å². The predicted octanol–water partition coefficient (Wildman–Crippen LogP) is 4.16. The first kappa shape index (κ1) is 16.6. The highest BCUT2D eigenvalue weighted by Gasteiger charge is 2.35. The van der Waals surface area contributed by atoms with Gasteiger partial charge in [0.25, 0.3) is 0 Å². The molecule has 1 atom stereocenters. The second-order valence-corrected chi connectivity index (χ2v) is 7.29. The third-order valence-corrected chi connectivity index (χ3v) is 4.16. The number of ether oxygens (including phenoxy) is 1. The average Bonchev–Trinajstić information content (AvgIpc) is 3.12. The maximum absolute atomic E-state index is 12.5. The Balaban J connectivity index is 1.85. The molecule has 1 aromatic carbocycles. The van der Waals surface area contributed by atoms with Crippen molar-refractivity contribution in [1.29, 1.82) is 0 Å². The number of carbonyl (C=O) groups is 1. The molecule has 1 aliphatic rings. The Bertz CT molecular complexity index is 716. The van der Waals surface area contributed by atoms with Crippen LogP contribution in [0.25, 0.3) is 11.3 Å². The number of imidazole rings is 1. The van der Waals surface area contributed by atoms with Crippen LogP contribution in [0.1, 0.15) is 45.5 Å². The van der Waals surface area contributed by atoms with Crippen molar-refractivity contribution in [2.24, 2.45) is 7.05 Å². The van der Waals surface area contributed by atoms with Crippen LogP contribution in [-0.4, -0.2) is 32.7 Å². The number of benzene rings is 1. The first-order chi connectivity index (χ1) is 11.3. The molecule has 0 bridgehead atoms. The SMILES string of the molecule is Cn1cc(-c2ccccc2)nc1C1CCCN1C(=O)OC(C)(C)C. The predicted molar refractivity (Wildman–Crippen MR) is 93.6 cm³/mol. The van der Waals surface area contributed by atoms with E-state index in [-0.39, 0.29) is 12.1 Å². The Labute approximate surface area is 143 Å². The van der Waals surface area contributed by atoms with Gasteiger partial charge < -0.3 is 9.30 Å². The number of amides is 1. The molecule has 0 aliphatic carbocycles. The van der Waals surface area contributed by atoms with Gasteiger partial charge >= 0.3 is 6.09 Å². The van der Waals surface area contributed by atoms with Gasteiger partial charge in [0, 0.05) is 25.4 Å². The van der Waals surface area contributed by atoms with Gasteiger partial charge in [-0.05, 0) is 33.6 Å². The summed E-state index contributed by atoms with van der Waals surface area (Å²) in [4.78, 5) is 19.1. The minimum Gasteiger partial charge on any atom is -0.444 e. The molecule has 0 spiro atoms. The largest absolute Gasteiger partial charge is 0.444 e. The lowest BCUT2D eigenvalue weighted by molar-refractivity contribution is 0.0216. The lowest BCUT2D eigenvalue weighted by atomic mass is 10.2. The van der Waals surface area contributed by atoms with Crippen LogP contribution in [0, 0.1) is 0 Å². The first-order valence-corrected chi connectivity index (χ1v) is 8.43. The summed E-state index contributed by atoms with van der Waals surface area (Å²) in [5.74, 6) is 0.914. The molecule has 5 nitrogen and oxygen atoms in total. The highest BCUT2D eigenvalue weighted by molar-refractivity contribution is 5.69. The molecule has 3 rings (SSSR count). The minimum atomic E-state index is -0.485. The van der Waals surface area contributed by atoms with E-state index in [0.29, 0.717) is 6.54 Å². The van der Waals surface area contributed by atoms with Gasteiger partial charge in [-0.1, -0.05) is 30.3 Å². The molecular weight excluding hydrogens is 302 g/mol. The van der Waals surface area contributed by atoms with Gasteiger partial charge in [0.2, 0.25) is 0 Å². The summed E-state index contributed by atoms with van der Waals surface area (Å²) in [6.07, 6.45) is 3.65.